The highest BCUT2D eigenvalue weighted by Crippen LogP contribution is 2.19. The molecule has 1 aromatic heterocycles. The maximum absolute atomic E-state index is 4.28. The standard InChI is InChI=1S/C8H7BrN2/c1-5-8-6(3-10-5)2-7(9)4-11-8/h2,4H,3H2,1H3. The molecule has 0 N–H and O–H groups in total. The van der Waals surface area contributed by atoms with E-state index in [2.05, 4.69) is 32.0 Å². The van der Waals surface area contributed by atoms with Crippen LogP contribution in [0.25, 0.3) is 0 Å². The van der Waals surface area contributed by atoms with Crippen LogP contribution in [0.2, 0.25) is 0 Å². The third-order valence-corrected chi connectivity index (χ3v) is 2.20. The molecular weight excluding hydrogens is 204 g/mol. The number of hydrogen-bond donors (Lipinski definition) is 0. The van der Waals surface area contributed by atoms with E-state index in [1.807, 2.05) is 13.1 Å². The molecule has 2 rings (SSSR count). The second-order valence-corrected chi connectivity index (χ2v) is 3.48. The van der Waals surface area contributed by atoms with E-state index in [1.165, 1.54) is 5.56 Å². The molecular formula is C8H7BrN2. The van der Waals surface area contributed by atoms with Crippen LogP contribution in [-0.4, -0.2) is 10.7 Å². The number of aliphatic imine (C=N–C) groups is 1. The molecule has 1 aromatic rings. The molecule has 2 heterocycles. The molecule has 0 amide bonds. The molecule has 1 aliphatic rings. The molecule has 0 saturated heterocycles. The average molecular weight is 211 g/mol. The van der Waals surface area contributed by atoms with E-state index in [0.717, 1.165) is 22.4 Å². The van der Waals surface area contributed by atoms with Crippen molar-refractivity contribution in [2.45, 2.75) is 13.5 Å². The van der Waals surface area contributed by atoms with Gasteiger partial charge in [0.1, 0.15) is 0 Å². The minimum absolute atomic E-state index is 0.785. The van der Waals surface area contributed by atoms with Gasteiger partial charge in [-0.25, -0.2) is 0 Å². The number of nitrogens with zero attached hydrogens (tertiary/aromatic N) is 2. The normalized spacial score (nSPS) is 14.5. The minimum Gasteiger partial charge on any atom is -0.283 e. The van der Waals surface area contributed by atoms with Gasteiger partial charge in [-0.1, -0.05) is 0 Å². The van der Waals surface area contributed by atoms with Crippen molar-refractivity contribution >= 4 is 21.6 Å². The fourth-order valence-electron chi connectivity index (χ4n) is 1.21. The van der Waals surface area contributed by atoms with Gasteiger partial charge in [-0.2, -0.15) is 0 Å². The van der Waals surface area contributed by atoms with E-state index in [9.17, 15) is 0 Å². The summed E-state index contributed by atoms with van der Waals surface area (Å²) in [6.45, 7) is 2.78. The van der Waals surface area contributed by atoms with Gasteiger partial charge in [0.25, 0.3) is 0 Å². The fourth-order valence-corrected chi connectivity index (χ4v) is 1.58. The van der Waals surface area contributed by atoms with Crippen molar-refractivity contribution in [3.8, 4) is 0 Å². The van der Waals surface area contributed by atoms with E-state index < -0.39 is 0 Å². The molecule has 2 nitrogen and oxygen atoms in total. The lowest BCUT2D eigenvalue weighted by Crippen LogP contribution is -1.95. The smallest absolute Gasteiger partial charge is 0.0888 e. The summed E-state index contributed by atoms with van der Waals surface area (Å²) in [7, 11) is 0. The van der Waals surface area contributed by atoms with Crippen LogP contribution in [-0.2, 0) is 6.54 Å². The van der Waals surface area contributed by atoms with Crippen LogP contribution in [0.3, 0.4) is 0 Å². The zero-order valence-electron chi connectivity index (χ0n) is 6.13. The second-order valence-electron chi connectivity index (χ2n) is 2.56. The van der Waals surface area contributed by atoms with Gasteiger partial charge in [-0.05, 0) is 28.9 Å². The maximum Gasteiger partial charge on any atom is 0.0888 e. The van der Waals surface area contributed by atoms with Gasteiger partial charge in [0, 0.05) is 16.2 Å². The van der Waals surface area contributed by atoms with Crippen molar-refractivity contribution in [1.29, 1.82) is 0 Å². The summed E-state index contributed by atoms with van der Waals surface area (Å²) in [5, 5.41) is 0. The van der Waals surface area contributed by atoms with Crippen molar-refractivity contribution in [3.05, 3.63) is 28.0 Å². The van der Waals surface area contributed by atoms with Gasteiger partial charge in [-0.15, -0.1) is 0 Å². The molecule has 0 spiro atoms. The Morgan fingerprint density at radius 1 is 1.55 bits per heavy atom. The Hall–Kier alpha value is -0.700. The predicted octanol–water partition coefficient (Wildman–Crippen LogP) is 2.17. The summed E-state index contributed by atoms with van der Waals surface area (Å²) >= 11 is 3.37. The van der Waals surface area contributed by atoms with Crippen LogP contribution in [0.4, 0.5) is 0 Å². The Balaban J connectivity index is 2.58. The van der Waals surface area contributed by atoms with Gasteiger partial charge in [0.05, 0.1) is 18.0 Å². The Morgan fingerprint density at radius 3 is 3.18 bits per heavy atom. The zero-order valence-corrected chi connectivity index (χ0v) is 7.72. The number of pyridine rings is 1. The quantitative estimate of drug-likeness (QED) is 0.645. The molecule has 0 bridgehead atoms. The lowest BCUT2D eigenvalue weighted by atomic mass is 10.2. The van der Waals surface area contributed by atoms with E-state index >= 15 is 0 Å². The van der Waals surface area contributed by atoms with Gasteiger partial charge in [0.2, 0.25) is 0 Å². The van der Waals surface area contributed by atoms with Crippen LogP contribution in [0, 0.1) is 0 Å². The number of aromatic nitrogens is 1. The molecule has 11 heavy (non-hydrogen) atoms. The van der Waals surface area contributed by atoms with Crippen molar-refractivity contribution in [1.82, 2.24) is 4.98 Å². The first kappa shape index (κ1) is 6.98. The summed E-state index contributed by atoms with van der Waals surface area (Å²) in [6, 6.07) is 2.07. The monoisotopic (exact) mass is 210 g/mol. The van der Waals surface area contributed by atoms with E-state index in [1.54, 1.807) is 0 Å². The molecule has 0 radical (unpaired) electrons. The van der Waals surface area contributed by atoms with Crippen molar-refractivity contribution in [3.63, 3.8) is 0 Å². The largest absolute Gasteiger partial charge is 0.283 e. The molecule has 0 aliphatic carbocycles. The van der Waals surface area contributed by atoms with Crippen LogP contribution in [0.5, 0.6) is 0 Å². The first-order valence-electron chi connectivity index (χ1n) is 3.43. The molecule has 0 fully saturated rings. The topological polar surface area (TPSA) is 25.2 Å². The lowest BCUT2D eigenvalue weighted by Gasteiger charge is -1.97. The SMILES string of the molecule is CC1=NCc2cc(Br)cnc21. The highest BCUT2D eigenvalue weighted by atomic mass is 79.9. The summed E-state index contributed by atoms with van der Waals surface area (Å²) in [4.78, 5) is 8.54. The van der Waals surface area contributed by atoms with Crippen LogP contribution < -0.4 is 0 Å². The van der Waals surface area contributed by atoms with Crippen molar-refractivity contribution in [2.75, 3.05) is 0 Å². The summed E-state index contributed by atoms with van der Waals surface area (Å²) in [5.41, 5.74) is 3.32. The first-order chi connectivity index (χ1) is 5.27. The average Bonchev–Trinajstić information content (AvgIpc) is 2.32. The van der Waals surface area contributed by atoms with Gasteiger partial charge >= 0.3 is 0 Å². The maximum atomic E-state index is 4.28. The van der Waals surface area contributed by atoms with Gasteiger partial charge in [-0.3, -0.25) is 9.98 Å². The van der Waals surface area contributed by atoms with Crippen molar-refractivity contribution < 1.29 is 0 Å². The van der Waals surface area contributed by atoms with Gasteiger partial charge in [0.15, 0.2) is 0 Å². The molecule has 56 valence electrons. The van der Waals surface area contributed by atoms with E-state index in [4.69, 9.17) is 0 Å². The summed E-state index contributed by atoms with van der Waals surface area (Å²) < 4.78 is 1.03. The molecule has 0 aromatic carbocycles. The third kappa shape index (κ3) is 1.09. The summed E-state index contributed by atoms with van der Waals surface area (Å²) in [5.74, 6) is 0. The number of halogens is 1. The highest BCUT2D eigenvalue weighted by molar-refractivity contribution is 9.10. The molecule has 0 atom stereocenters. The van der Waals surface area contributed by atoms with Crippen LogP contribution in [0.1, 0.15) is 18.2 Å². The third-order valence-electron chi connectivity index (χ3n) is 1.76. The first-order valence-corrected chi connectivity index (χ1v) is 4.22. The highest BCUT2D eigenvalue weighted by Gasteiger charge is 2.12. The van der Waals surface area contributed by atoms with E-state index in [0.29, 0.717) is 0 Å². The number of hydrogen-bond acceptors (Lipinski definition) is 2. The second kappa shape index (κ2) is 2.41. The fraction of sp³-hybridized carbons (Fsp3) is 0.250. The van der Waals surface area contributed by atoms with Gasteiger partial charge < -0.3 is 0 Å². The Labute approximate surface area is 73.5 Å². The molecule has 1 aliphatic heterocycles. The number of fused-ring (bicyclic) bond motifs is 1. The Morgan fingerprint density at radius 2 is 2.36 bits per heavy atom. The van der Waals surface area contributed by atoms with Crippen LogP contribution in [0.15, 0.2) is 21.7 Å². The number of rotatable bonds is 0. The van der Waals surface area contributed by atoms with Crippen LogP contribution >= 0.6 is 15.9 Å². The minimum atomic E-state index is 0.785. The predicted molar refractivity (Wildman–Crippen MR) is 47.9 cm³/mol. The Bertz CT molecular complexity index is 331. The summed E-state index contributed by atoms with van der Waals surface area (Å²) in [6.07, 6.45) is 1.81. The van der Waals surface area contributed by atoms with E-state index in [-0.39, 0.29) is 0 Å². The molecule has 3 heteroatoms. The molecule has 0 unspecified atom stereocenters. The zero-order chi connectivity index (χ0) is 7.84. The molecule has 0 saturated carbocycles. The lowest BCUT2D eigenvalue weighted by molar-refractivity contribution is 1.09. The van der Waals surface area contributed by atoms with Crippen molar-refractivity contribution in [2.24, 2.45) is 4.99 Å². The Kier molecular flexibility index (Phi) is 1.53.